The highest BCUT2D eigenvalue weighted by molar-refractivity contribution is 7.91. The lowest BCUT2D eigenvalue weighted by Crippen LogP contribution is -2.38. The standard InChI is InChI=1S/C20H21N3O4S/c1-22(15-10-12-28(26,27)13-15)19(24)16-6-4-7-17(21-16)20(25)23-11-9-14-5-2-3-8-18(14)23/h2-8,15H,9-13H2,1H3. The first kappa shape index (κ1) is 18.6. The number of rotatable bonds is 3. The zero-order valence-corrected chi connectivity index (χ0v) is 16.4. The molecular formula is C20H21N3O4S. The Morgan fingerprint density at radius 3 is 2.61 bits per heavy atom. The molecule has 1 atom stereocenters. The third-order valence-electron chi connectivity index (χ3n) is 5.40. The normalized spacial score (nSPS) is 20.0. The van der Waals surface area contributed by atoms with Gasteiger partial charge in [-0.1, -0.05) is 24.3 Å². The van der Waals surface area contributed by atoms with E-state index in [1.807, 2.05) is 24.3 Å². The molecule has 0 saturated carbocycles. The number of pyridine rings is 1. The minimum atomic E-state index is -3.09. The van der Waals surface area contributed by atoms with E-state index in [2.05, 4.69) is 4.98 Å². The second kappa shape index (κ2) is 7.01. The van der Waals surface area contributed by atoms with Gasteiger partial charge in [0.25, 0.3) is 11.8 Å². The van der Waals surface area contributed by atoms with Crippen LogP contribution in [0.4, 0.5) is 5.69 Å². The summed E-state index contributed by atoms with van der Waals surface area (Å²) in [5.41, 5.74) is 2.34. The topological polar surface area (TPSA) is 87.7 Å². The lowest BCUT2D eigenvalue weighted by Gasteiger charge is -2.23. The lowest BCUT2D eigenvalue weighted by molar-refractivity contribution is 0.0741. The Balaban J connectivity index is 1.55. The van der Waals surface area contributed by atoms with Crippen LogP contribution in [-0.2, 0) is 16.3 Å². The van der Waals surface area contributed by atoms with Crippen LogP contribution in [0.5, 0.6) is 0 Å². The molecule has 1 aromatic heterocycles. The molecule has 0 bridgehead atoms. The van der Waals surface area contributed by atoms with Crippen molar-refractivity contribution in [3.05, 3.63) is 59.4 Å². The first-order valence-electron chi connectivity index (χ1n) is 9.20. The number of para-hydroxylation sites is 1. The second-order valence-corrected chi connectivity index (χ2v) is 9.45. The molecule has 1 unspecified atom stereocenters. The molecule has 7 nitrogen and oxygen atoms in total. The van der Waals surface area contributed by atoms with Crippen molar-refractivity contribution >= 4 is 27.3 Å². The SMILES string of the molecule is CN(C(=O)c1cccc(C(=O)N2CCc3ccccc32)n1)C1CCS(=O)(=O)C1. The Morgan fingerprint density at radius 1 is 1.11 bits per heavy atom. The number of nitrogens with zero attached hydrogens (tertiary/aromatic N) is 3. The van der Waals surface area contributed by atoms with E-state index >= 15 is 0 Å². The summed E-state index contributed by atoms with van der Waals surface area (Å²) < 4.78 is 23.4. The van der Waals surface area contributed by atoms with Crippen molar-refractivity contribution in [2.24, 2.45) is 0 Å². The van der Waals surface area contributed by atoms with Gasteiger partial charge in [-0.05, 0) is 36.6 Å². The zero-order chi connectivity index (χ0) is 19.9. The largest absolute Gasteiger partial charge is 0.336 e. The smallest absolute Gasteiger partial charge is 0.276 e. The highest BCUT2D eigenvalue weighted by atomic mass is 32.2. The number of hydrogen-bond donors (Lipinski definition) is 0. The van der Waals surface area contributed by atoms with Gasteiger partial charge in [0.1, 0.15) is 11.4 Å². The Bertz CT molecular complexity index is 1050. The number of amides is 2. The first-order chi connectivity index (χ1) is 13.4. The summed E-state index contributed by atoms with van der Waals surface area (Å²) in [5.74, 6) is -0.558. The molecule has 2 aliphatic rings. The van der Waals surface area contributed by atoms with E-state index in [-0.39, 0.29) is 40.7 Å². The maximum Gasteiger partial charge on any atom is 0.276 e. The lowest BCUT2D eigenvalue weighted by atomic mass is 10.2. The predicted octanol–water partition coefficient (Wildman–Crippen LogP) is 1.54. The predicted molar refractivity (Wildman–Crippen MR) is 105 cm³/mol. The third kappa shape index (κ3) is 3.40. The Labute approximate surface area is 163 Å². The molecule has 2 aromatic rings. The van der Waals surface area contributed by atoms with Gasteiger partial charge >= 0.3 is 0 Å². The van der Waals surface area contributed by atoms with Gasteiger partial charge in [0, 0.05) is 25.3 Å². The maximum absolute atomic E-state index is 13.0. The van der Waals surface area contributed by atoms with Crippen LogP contribution in [-0.4, -0.2) is 61.3 Å². The molecule has 0 radical (unpaired) electrons. The molecule has 28 heavy (non-hydrogen) atoms. The number of fused-ring (bicyclic) bond motifs is 1. The monoisotopic (exact) mass is 399 g/mol. The van der Waals surface area contributed by atoms with Gasteiger partial charge in [0.2, 0.25) is 0 Å². The Morgan fingerprint density at radius 2 is 1.86 bits per heavy atom. The van der Waals surface area contributed by atoms with Gasteiger partial charge in [0.15, 0.2) is 9.84 Å². The molecule has 0 spiro atoms. The van der Waals surface area contributed by atoms with Gasteiger partial charge in [-0.25, -0.2) is 13.4 Å². The summed E-state index contributed by atoms with van der Waals surface area (Å²) in [4.78, 5) is 33.1. The molecule has 4 rings (SSSR count). The van der Waals surface area contributed by atoms with Crippen LogP contribution in [0.15, 0.2) is 42.5 Å². The molecule has 1 fully saturated rings. The fraction of sp³-hybridized carbons (Fsp3) is 0.350. The Kier molecular flexibility index (Phi) is 4.66. The van der Waals surface area contributed by atoms with Crippen molar-refractivity contribution in [1.82, 2.24) is 9.88 Å². The Hall–Kier alpha value is -2.74. The maximum atomic E-state index is 13.0. The van der Waals surface area contributed by atoms with Gasteiger partial charge in [-0.15, -0.1) is 0 Å². The van der Waals surface area contributed by atoms with Crippen molar-refractivity contribution in [1.29, 1.82) is 0 Å². The van der Waals surface area contributed by atoms with Gasteiger partial charge in [0.05, 0.1) is 11.5 Å². The van der Waals surface area contributed by atoms with E-state index in [1.54, 1.807) is 30.1 Å². The van der Waals surface area contributed by atoms with Crippen LogP contribution in [0.1, 0.15) is 33.0 Å². The molecule has 1 saturated heterocycles. The van der Waals surface area contributed by atoms with Gasteiger partial charge in [-0.2, -0.15) is 0 Å². The minimum Gasteiger partial charge on any atom is -0.336 e. The van der Waals surface area contributed by atoms with Crippen LogP contribution >= 0.6 is 0 Å². The van der Waals surface area contributed by atoms with Crippen molar-refractivity contribution in [2.45, 2.75) is 18.9 Å². The molecule has 2 amide bonds. The summed E-state index contributed by atoms with van der Waals surface area (Å²) >= 11 is 0. The molecule has 1 aromatic carbocycles. The number of carbonyl (C=O) groups is 2. The van der Waals surface area contributed by atoms with Crippen molar-refractivity contribution in [3.8, 4) is 0 Å². The third-order valence-corrected chi connectivity index (χ3v) is 7.15. The molecule has 146 valence electrons. The average Bonchev–Trinajstić information content (AvgIpc) is 3.29. The molecule has 0 N–H and O–H groups in total. The highest BCUT2D eigenvalue weighted by Gasteiger charge is 2.34. The van der Waals surface area contributed by atoms with Crippen LogP contribution in [0, 0.1) is 0 Å². The van der Waals surface area contributed by atoms with Crippen molar-refractivity contribution in [3.63, 3.8) is 0 Å². The number of benzene rings is 1. The van der Waals surface area contributed by atoms with E-state index in [0.717, 1.165) is 17.7 Å². The summed E-state index contributed by atoms with van der Waals surface area (Å²) in [6.45, 7) is 0.581. The van der Waals surface area contributed by atoms with E-state index in [4.69, 9.17) is 0 Å². The molecule has 3 heterocycles. The summed E-state index contributed by atoms with van der Waals surface area (Å²) in [5, 5.41) is 0. The van der Waals surface area contributed by atoms with Crippen LogP contribution in [0.25, 0.3) is 0 Å². The van der Waals surface area contributed by atoms with E-state index in [0.29, 0.717) is 13.0 Å². The zero-order valence-electron chi connectivity index (χ0n) is 15.5. The number of sulfone groups is 1. The average molecular weight is 399 g/mol. The van der Waals surface area contributed by atoms with Crippen molar-refractivity contribution in [2.75, 3.05) is 30.0 Å². The highest BCUT2D eigenvalue weighted by Crippen LogP contribution is 2.28. The second-order valence-electron chi connectivity index (χ2n) is 7.22. The number of anilines is 1. The summed E-state index contributed by atoms with van der Waals surface area (Å²) in [6.07, 6.45) is 1.22. The molecule has 0 aliphatic carbocycles. The number of hydrogen-bond acceptors (Lipinski definition) is 5. The summed E-state index contributed by atoms with van der Waals surface area (Å²) in [6, 6.07) is 12.2. The van der Waals surface area contributed by atoms with Gasteiger partial charge in [-0.3, -0.25) is 9.59 Å². The van der Waals surface area contributed by atoms with E-state index in [9.17, 15) is 18.0 Å². The van der Waals surface area contributed by atoms with Crippen LogP contribution < -0.4 is 4.90 Å². The molecule has 2 aliphatic heterocycles. The first-order valence-corrected chi connectivity index (χ1v) is 11.0. The van der Waals surface area contributed by atoms with Gasteiger partial charge < -0.3 is 9.80 Å². The summed E-state index contributed by atoms with van der Waals surface area (Å²) in [7, 11) is -1.51. The molecule has 8 heteroatoms. The fourth-order valence-corrected chi connectivity index (χ4v) is 5.56. The van der Waals surface area contributed by atoms with Crippen LogP contribution in [0.3, 0.4) is 0 Å². The van der Waals surface area contributed by atoms with E-state index < -0.39 is 9.84 Å². The quantitative estimate of drug-likeness (QED) is 0.781. The number of carbonyl (C=O) groups excluding carboxylic acids is 2. The molecular weight excluding hydrogens is 378 g/mol. The van der Waals surface area contributed by atoms with Crippen molar-refractivity contribution < 1.29 is 18.0 Å². The fourth-order valence-electron chi connectivity index (χ4n) is 3.79. The minimum absolute atomic E-state index is 0.0293. The van der Waals surface area contributed by atoms with E-state index in [1.165, 1.54) is 4.90 Å². The van der Waals surface area contributed by atoms with Crippen LogP contribution in [0.2, 0.25) is 0 Å². The number of aromatic nitrogens is 1.